The molecule has 1 heterocycles. The van der Waals surface area contributed by atoms with E-state index in [0.717, 1.165) is 12.8 Å². The highest BCUT2D eigenvalue weighted by atomic mass is 16.5. The van der Waals surface area contributed by atoms with Crippen LogP contribution in [0, 0.1) is 17.2 Å². The van der Waals surface area contributed by atoms with Crippen molar-refractivity contribution in [2.45, 2.75) is 51.0 Å². The molecule has 3 aromatic rings. The van der Waals surface area contributed by atoms with E-state index in [1.54, 1.807) is 30.5 Å². The maximum absolute atomic E-state index is 11.6. The molecule has 5 nitrogen and oxygen atoms in total. The van der Waals surface area contributed by atoms with Crippen molar-refractivity contribution >= 4 is 5.97 Å². The number of carbonyl (C=O) groups is 1. The van der Waals surface area contributed by atoms with Crippen molar-refractivity contribution in [1.29, 1.82) is 5.26 Å². The molecule has 0 radical (unpaired) electrons. The highest BCUT2D eigenvalue weighted by molar-refractivity contribution is 5.94. The van der Waals surface area contributed by atoms with Gasteiger partial charge in [-0.3, -0.25) is 4.98 Å². The van der Waals surface area contributed by atoms with Crippen molar-refractivity contribution in [3.8, 4) is 23.1 Å². The molecule has 2 atom stereocenters. The molecule has 1 aromatic heterocycles. The third-order valence-corrected chi connectivity index (χ3v) is 6.61. The normalized spacial score (nSPS) is 15.9. The Morgan fingerprint density at radius 2 is 1.85 bits per heavy atom. The first-order chi connectivity index (χ1) is 16.1. The second-order valence-corrected chi connectivity index (χ2v) is 8.71. The predicted octanol–water partition coefficient (Wildman–Crippen LogP) is 6.45. The fraction of sp³-hybridized carbons (Fsp3) is 0.321. The van der Waals surface area contributed by atoms with Crippen LogP contribution in [0.1, 0.15) is 66.4 Å². The summed E-state index contributed by atoms with van der Waals surface area (Å²) in [5.74, 6) is 0.0860. The van der Waals surface area contributed by atoms with Crippen molar-refractivity contribution in [1.82, 2.24) is 4.98 Å². The molecule has 168 valence electrons. The van der Waals surface area contributed by atoms with Gasteiger partial charge in [0.05, 0.1) is 16.8 Å². The Hall–Kier alpha value is -3.65. The Kier molecular flexibility index (Phi) is 7.04. The summed E-state index contributed by atoms with van der Waals surface area (Å²) in [4.78, 5) is 15.9. The fourth-order valence-corrected chi connectivity index (χ4v) is 4.84. The second-order valence-electron chi connectivity index (χ2n) is 8.71. The van der Waals surface area contributed by atoms with Crippen LogP contribution in [0.4, 0.5) is 0 Å². The van der Waals surface area contributed by atoms with Gasteiger partial charge >= 0.3 is 5.97 Å². The molecule has 4 rings (SSSR count). The first-order valence-electron chi connectivity index (χ1n) is 11.5. The van der Waals surface area contributed by atoms with Crippen molar-refractivity contribution in [3.63, 3.8) is 0 Å². The van der Waals surface area contributed by atoms with E-state index in [9.17, 15) is 15.2 Å². The number of rotatable bonds is 7. The van der Waals surface area contributed by atoms with E-state index in [1.807, 2.05) is 18.2 Å². The topological polar surface area (TPSA) is 83.2 Å². The number of aromatic carboxylic acids is 1. The SMILES string of the molecule is CC(c1ccccc1)C(Oc1ccc(-c2ncccc2C(=O)O)cc1C#N)C1CCCCC1. The van der Waals surface area contributed by atoms with E-state index in [1.165, 1.54) is 30.9 Å². The molecule has 5 heteroatoms. The molecule has 1 N–H and O–H groups in total. The quantitative estimate of drug-likeness (QED) is 0.456. The number of ether oxygens (including phenoxy) is 1. The summed E-state index contributed by atoms with van der Waals surface area (Å²) < 4.78 is 6.60. The minimum Gasteiger partial charge on any atom is -0.488 e. The van der Waals surface area contributed by atoms with Gasteiger partial charge in [0.15, 0.2) is 0 Å². The lowest BCUT2D eigenvalue weighted by Gasteiger charge is -2.35. The van der Waals surface area contributed by atoms with Crippen LogP contribution in [-0.2, 0) is 0 Å². The van der Waals surface area contributed by atoms with Crippen LogP contribution in [0.25, 0.3) is 11.3 Å². The maximum Gasteiger partial charge on any atom is 0.337 e. The largest absolute Gasteiger partial charge is 0.488 e. The van der Waals surface area contributed by atoms with Crippen molar-refractivity contribution in [3.05, 3.63) is 83.6 Å². The number of pyridine rings is 1. The van der Waals surface area contributed by atoms with Crippen LogP contribution in [0.3, 0.4) is 0 Å². The van der Waals surface area contributed by atoms with Crippen molar-refractivity contribution in [2.75, 3.05) is 0 Å². The van der Waals surface area contributed by atoms with Gasteiger partial charge in [-0.05, 0) is 54.7 Å². The van der Waals surface area contributed by atoms with Crippen molar-refractivity contribution in [2.24, 2.45) is 5.92 Å². The smallest absolute Gasteiger partial charge is 0.337 e. The lowest BCUT2D eigenvalue weighted by molar-refractivity contribution is 0.0697. The fourth-order valence-electron chi connectivity index (χ4n) is 4.84. The molecule has 1 saturated carbocycles. The van der Waals surface area contributed by atoms with Gasteiger partial charge in [0.1, 0.15) is 17.9 Å². The lowest BCUT2D eigenvalue weighted by atomic mass is 9.78. The molecule has 1 aliphatic rings. The Morgan fingerprint density at radius 3 is 2.55 bits per heavy atom. The molecule has 0 amide bonds. The molecule has 0 aliphatic heterocycles. The first kappa shape index (κ1) is 22.5. The predicted molar refractivity (Wildman–Crippen MR) is 127 cm³/mol. The summed E-state index contributed by atoms with van der Waals surface area (Å²) in [6, 6.07) is 21.0. The number of hydrogen-bond donors (Lipinski definition) is 1. The van der Waals surface area contributed by atoms with Crippen LogP contribution in [-0.4, -0.2) is 22.2 Å². The summed E-state index contributed by atoms with van der Waals surface area (Å²) in [5, 5.41) is 19.4. The van der Waals surface area contributed by atoms with Crippen molar-refractivity contribution < 1.29 is 14.6 Å². The number of nitrogens with zero attached hydrogens (tertiary/aromatic N) is 2. The molecular formula is C28H28N2O3. The van der Waals surface area contributed by atoms with E-state index in [-0.39, 0.29) is 17.6 Å². The Balaban J connectivity index is 1.68. The van der Waals surface area contributed by atoms with Gasteiger partial charge in [0, 0.05) is 17.7 Å². The maximum atomic E-state index is 11.6. The Morgan fingerprint density at radius 1 is 1.09 bits per heavy atom. The standard InChI is InChI=1S/C28H28N2O3/c1-19(20-9-4-2-5-10-20)27(21-11-6-3-7-12-21)33-25-15-14-22(17-23(25)18-29)26-24(28(31)32)13-8-16-30-26/h2,4-5,8-10,13-17,19,21,27H,3,6-7,11-12H2,1H3,(H,31,32). The van der Waals surface area contributed by atoms with Crippen LogP contribution >= 0.6 is 0 Å². The number of nitriles is 1. The molecule has 1 aliphatic carbocycles. The van der Waals surface area contributed by atoms with E-state index >= 15 is 0 Å². The zero-order chi connectivity index (χ0) is 23.2. The minimum atomic E-state index is -1.05. The molecule has 0 spiro atoms. The van der Waals surface area contributed by atoms with Gasteiger partial charge in [-0.15, -0.1) is 0 Å². The molecule has 0 saturated heterocycles. The third kappa shape index (κ3) is 5.06. The Labute approximate surface area is 194 Å². The van der Waals surface area contributed by atoms with Gasteiger partial charge in [0.2, 0.25) is 0 Å². The highest BCUT2D eigenvalue weighted by Gasteiger charge is 2.31. The molecule has 33 heavy (non-hydrogen) atoms. The van der Waals surface area contributed by atoms with E-state index in [4.69, 9.17) is 4.74 Å². The molecule has 0 bridgehead atoms. The first-order valence-corrected chi connectivity index (χ1v) is 11.5. The molecule has 2 unspecified atom stereocenters. The summed E-state index contributed by atoms with van der Waals surface area (Å²) in [6.45, 7) is 2.20. The van der Waals surface area contributed by atoms with Gasteiger partial charge in [-0.25, -0.2) is 4.79 Å². The number of benzene rings is 2. The van der Waals surface area contributed by atoms with E-state index < -0.39 is 5.97 Å². The summed E-state index contributed by atoms with van der Waals surface area (Å²) in [7, 11) is 0. The molecular weight excluding hydrogens is 412 g/mol. The Bertz CT molecular complexity index is 1150. The van der Waals surface area contributed by atoms with Crippen LogP contribution < -0.4 is 4.74 Å². The average Bonchev–Trinajstić information content (AvgIpc) is 2.88. The second kappa shape index (κ2) is 10.3. The van der Waals surface area contributed by atoms with Gasteiger partial charge in [-0.2, -0.15) is 5.26 Å². The monoisotopic (exact) mass is 440 g/mol. The zero-order valence-corrected chi connectivity index (χ0v) is 18.8. The van der Waals surface area contributed by atoms with Gasteiger partial charge in [-0.1, -0.05) is 56.5 Å². The third-order valence-electron chi connectivity index (χ3n) is 6.61. The average molecular weight is 441 g/mol. The number of aromatic nitrogens is 1. The summed E-state index contributed by atoms with van der Waals surface area (Å²) in [6.07, 6.45) is 7.42. The number of carboxylic acid groups (broad SMARTS) is 1. The molecule has 1 fully saturated rings. The summed E-state index contributed by atoms with van der Waals surface area (Å²) >= 11 is 0. The van der Waals surface area contributed by atoms with Crippen LogP contribution in [0.2, 0.25) is 0 Å². The summed E-state index contributed by atoms with van der Waals surface area (Å²) in [5.41, 5.74) is 2.64. The number of hydrogen-bond acceptors (Lipinski definition) is 4. The van der Waals surface area contributed by atoms with E-state index in [2.05, 4.69) is 30.1 Å². The number of carboxylic acids is 1. The van der Waals surface area contributed by atoms with Gasteiger partial charge < -0.3 is 9.84 Å². The molecule has 2 aromatic carbocycles. The zero-order valence-electron chi connectivity index (χ0n) is 18.8. The minimum absolute atomic E-state index is 0.0462. The van der Waals surface area contributed by atoms with E-state index in [0.29, 0.717) is 28.5 Å². The van der Waals surface area contributed by atoms with Crippen LogP contribution in [0.15, 0.2) is 66.9 Å². The lowest BCUT2D eigenvalue weighted by Crippen LogP contribution is -2.34. The van der Waals surface area contributed by atoms with Crippen LogP contribution in [0.5, 0.6) is 5.75 Å². The highest BCUT2D eigenvalue weighted by Crippen LogP contribution is 2.37. The van der Waals surface area contributed by atoms with Gasteiger partial charge in [0.25, 0.3) is 0 Å².